The minimum atomic E-state index is 0.314. The van der Waals surface area contributed by atoms with E-state index >= 15 is 0 Å². The van der Waals surface area contributed by atoms with E-state index in [2.05, 4.69) is 26.8 Å². The monoisotopic (exact) mass is 151 g/mol. The molecule has 0 heterocycles. The van der Waals surface area contributed by atoms with Crippen molar-refractivity contribution in [3.8, 4) is 6.07 Å². The molecule has 11 heavy (non-hydrogen) atoms. The largest absolute Gasteiger partial charge is 0.198 e. The van der Waals surface area contributed by atoms with Crippen LogP contribution in [0.1, 0.15) is 40.0 Å². The van der Waals surface area contributed by atoms with Gasteiger partial charge in [-0.3, -0.25) is 0 Å². The molecule has 1 saturated carbocycles. The lowest BCUT2D eigenvalue weighted by molar-refractivity contribution is 0.159. The highest BCUT2D eigenvalue weighted by atomic mass is 14.4. The smallest absolute Gasteiger partial charge is 0.0656 e. The van der Waals surface area contributed by atoms with Crippen LogP contribution in [0.2, 0.25) is 0 Å². The normalized spacial score (nSPS) is 36.2. The van der Waals surface area contributed by atoms with E-state index in [-0.39, 0.29) is 0 Å². The summed E-state index contributed by atoms with van der Waals surface area (Å²) >= 11 is 0. The first-order valence-corrected chi connectivity index (χ1v) is 4.43. The van der Waals surface area contributed by atoms with Crippen LogP contribution in [0.25, 0.3) is 0 Å². The van der Waals surface area contributed by atoms with Crippen LogP contribution in [0.15, 0.2) is 0 Å². The zero-order valence-electron chi connectivity index (χ0n) is 7.72. The number of nitrogens with zero attached hydrogens (tertiary/aromatic N) is 1. The molecule has 0 spiro atoms. The number of rotatable bonds is 0. The summed E-state index contributed by atoms with van der Waals surface area (Å²) in [5.74, 6) is 1.05. The maximum atomic E-state index is 8.79. The van der Waals surface area contributed by atoms with Gasteiger partial charge in [0.05, 0.1) is 6.07 Å². The number of hydrogen-bond donors (Lipinski definition) is 0. The first-order valence-electron chi connectivity index (χ1n) is 4.43. The van der Waals surface area contributed by atoms with Crippen molar-refractivity contribution in [3.63, 3.8) is 0 Å². The third kappa shape index (κ3) is 2.22. The van der Waals surface area contributed by atoms with Gasteiger partial charge in [0.15, 0.2) is 0 Å². The summed E-state index contributed by atoms with van der Waals surface area (Å²) in [4.78, 5) is 0. The molecule has 1 heteroatoms. The Morgan fingerprint density at radius 3 is 2.45 bits per heavy atom. The fourth-order valence-corrected chi connectivity index (χ4v) is 2.44. The highest BCUT2D eigenvalue weighted by molar-refractivity contribution is 4.92. The molecule has 1 fully saturated rings. The van der Waals surface area contributed by atoms with Gasteiger partial charge in [0.1, 0.15) is 0 Å². The number of hydrogen-bond acceptors (Lipinski definition) is 1. The van der Waals surface area contributed by atoms with Crippen LogP contribution < -0.4 is 0 Å². The summed E-state index contributed by atoms with van der Waals surface area (Å²) in [7, 11) is 0. The van der Waals surface area contributed by atoms with Crippen molar-refractivity contribution < 1.29 is 0 Å². The number of nitriles is 1. The Kier molecular flexibility index (Phi) is 2.23. The van der Waals surface area contributed by atoms with Crippen LogP contribution in [0.4, 0.5) is 0 Å². The van der Waals surface area contributed by atoms with E-state index in [0.717, 1.165) is 18.8 Å². The summed E-state index contributed by atoms with van der Waals surface area (Å²) in [6.45, 7) is 6.80. The van der Waals surface area contributed by atoms with E-state index in [1.807, 2.05) is 0 Å². The average molecular weight is 151 g/mol. The topological polar surface area (TPSA) is 23.8 Å². The van der Waals surface area contributed by atoms with Gasteiger partial charge in [-0.2, -0.15) is 5.26 Å². The van der Waals surface area contributed by atoms with E-state index in [1.54, 1.807) is 0 Å². The Morgan fingerprint density at radius 1 is 1.36 bits per heavy atom. The zero-order valence-corrected chi connectivity index (χ0v) is 7.72. The second-order valence-electron chi connectivity index (χ2n) is 4.74. The van der Waals surface area contributed by atoms with Gasteiger partial charge in [0.25, 0.3) is 0 Å². The molecule has 0 saturated heterocycles. The zero-order chi connectivity index (χ0) is 8.48. The molecule has 0 amide bonds. The molecule has 0 aromatic carbocycles. The van der Waals surface area contributed by atoms with Crippen molar-refractivity contribution >= 4 is 0 Å². The van der Waals surface area contributed by atoms with Crippen molar-refractivity contribution in [2.45, 2.75) is 40.0 Å². The Hall–Kier alpha value is -0.510. The van der Waals surface area contributed by atoms with Crippen LogP contribution in [-0.4, -0.2) is 0 Å². The summed E-state index contributed by atoms with van der Waals surface area (Å²) in [5.41, 5.74) is 0.401. The van der Waals surface area contributed by atoms with Gasteiger partial charge in [-0.1, -0.05) is 20.8 Å². The summed E-state index contributed by atoms with van der Waals surface area (Å²) in [6, 6.07) is 2.39. The third-order valence-electron chi connectivity index (χ3n) is 2.57. The van der Waals surface area contributed by atoms with E-state index in [0.29, 0.717) is 11.3 Å². The molecule has 1 rings (SSSR count). The lowest BCUT2D eigenvalue weighted by Crippen LogP contribution is -2.26. The van der Waals surface area contributed by atoms with Crippen molar-refractivity contribution in [1.29, 1.82) is 5.26 Å². The second-order valence-corrected chi connectivity index (χ2v) is 4.74. The van der Waals surface area contributed by atoms with E-state index in [4.69, 9.17) is 5.26 Å². The highest BCUT2D eigenvalue weighted by Crippen LogP contribution is 2.41. The third-order valence-corrected chi connectivity index (χ3v) is 2.57. The first kappa shape index (κ1) is 8.59. The van der Waals surface area contributed by atoms with Gasteiger partial charge in [-0.15, -0.1) is 0 Å². The summed E-state index contributed by atoms with van der Waals surface area (Å²) < 4.78 is 0. The predicted octanol–water partition coefficient (Wildman–Crippen LogP) is 2.97. The SMILES string of the molecule is C[C@@H]1C[C@H](C#N)CC(C)(C)C1. The maximum Gasteiger partial charge on any atom is 0.0656 e. The van der Waals surface area contributed by atoms with Gasteiger partial charge in [-0.05, 0) is 30.6 Å². The molecule has 0 N–H and O–H groups in total. The minimum Gasteiger partial charge on any atom is -0.198 e. The fraction of sp³-hybridized carbons (Fsp3) is 0.900. The van der Waals surface area contributed by atoms with Crippen molar-refractivity contribution in [3.05, 3.63) is 0 Å². The van der Waals surface area contributed by atoms with Crippen molar-refractivity contribution in [2.75, 3.05) is 0 Å². The van der Waals surface area contributed by atoms with Crippen LogP contribution in [-0.2, 0) is 0 Å². The van der Waals surface area contributed by atoms with Crippen molar-refractivity contribution in [2.24, 2.45) is 17.3 Å². The molecular weight excluding hydrogens is 134 g/mol. The average Bonchev–Trinajstić information content (AvgIpc) is 1.83. The molecule has 0 bridgehead atoms. The van der Waals surface area contributed by atoms with E-state index in [1.165, 1.54) is 6.42 Å². The van der Waals surface area contributed by atoms with Gasteiger partial charge in [0, 0.05) is 5.92 Å². The molecule has 62 valence electrons. The fourth-order valence-electron chi connectivity index (χ4n) is 2.44. The van der Waals surface area contributed by atoms with Crippen LogP contribution >= 0.6 is 0 Å². The Bertz CT molecular complexity index is 176. The van der Waals surface area contributed by atoms with Crippen molar-refractivity contribution in [1.82, 2.24) is 0 Å². The van der Waals surface area contributed by atoms with Crippen LogP contribution in [0.5, 0.6) is 0 Å². The second kappa shape index (κ2) is 2.85. The first-order chi connectivity index (χ1) is 5.03. The Balaban J connectivity index is 2.60. The van der Waals surface area contributed by atoms with Gasteiger partial charge >= 0.3 is 0 Å². The quantitative estimate of drug-likeness (QED) is 0.522. The van der Waals surface area contributed by atoms with E-state index in [9.17, 15) is 0 Å². The molecule has 0 unspecified atom stereocenters. The molecule has 0 aromatic heterocycles. The molecule has 2 atom stereocenters. The Labute approximate surface area is 69.4 Å². The molecule has 0 radical (unpaired) electrons. The van der Waals surface area contributed by atoms with Gasteiger partial charge in [-0.25, -0.2) is 0 Å². The Morgan fingerprint density at radius 2 is 2.00 bits per heavy atom. The summed E-state index contributed by atoms with van der Waals surface area (Å²) in [5, 5.41) is 8.79. The molecule has 0 aliphatic heterocycles. The standard InChI is InChI=1S/C10H17N/c1-8-4-9(7-11)6-10(2,3)5-8/h8-9H,4-6H2,1-3H3/t8-,9+/m1/s1. The predicted molar refractivity (Wildman–Crippen MR) is 45.9 cm³/mol. The lowest BCUT2D eigenvalue weighted by Gasteiger charge is -2.36. The van der Waals surface area contributed by atoms with Crippen LogP contribution in [0, 0.1) is 28.6 Å². The lowest BCUT2D eigenvalue weighted by atomic mass is 9.68. The molecule has 1 aliphatic rings. The molecule has 0 aromatic rings. The maximum absolute atomic E-state index is 8.79. The van der Waals surface area contributed by atoms with E-state index < -0.39 is 0 Å². The van der Waals surface area contributed by atoms with Gasteiger partial charge < -0.3 is 0 Å². The summed E-state index contributed by atoms with van der Waals surface area (Å²) in [6.07, 6.45) is 3.49. The molecule has 1 nitrogen and oxygen atoms in total. The highest BCUT2D eigenvalue weighted by Gasteiger charge is 2.31. The van der Waals surface area contributed by atoms with Crippen LogP contribution in [0.3, 0.4) is 0 Å². The van der Waals surface area contributed by atoms with Gasteiger partial charge in [0.2, 0.25) is 0 Å². The molecule has 1 aliphatic carbocycles. The molecular formula is C10H17N. The minimum absolute atomic E-state index is 0.314.